The van der Waals surface area contributed by atoms with E-state index in [2.05, 4.69) is 10.4 Å². The van der Waals surface area contributed by atoms with Gasteiger partial charge < -0.3 is 19.5 Å². The van der Waals surface area contributed by atoms with E-state index in [1.165, 1.54) is 7.11 Å². The van der Waals surface area contributed by atoms with Gasteiger partial charge in [0.1, 0.15) is 17.2 Å². The molecule has 1 amide bonds. The minimum atomic E-state index is -0.325. The Morgan fingerprint density at radius 2 is 1.59 bits per heavy atom. The van der Waals surface area contributed by atoms with E-state index in [-0.39, 0.29) is 5.91 Å². The number of aryl methyl sites for hydroxylation is 1. The Hall–Kier alpha value is -3.48. The molecule has 2 aromatic carbocycles. The van der Waals surface area contributed by atoms with Gasteiger partial charge >= 0.3 is 0 Å². The van der Waals surface area contributed by atoms with Gasteiger partial charge in [-0.05, 0) is 42.5 Å². The molecule has 0 bridgehead atoms. The molecule has 3 rings (SSSR count). The lowest BCUT2D eigenvalue weighted by Crippen LogP contribution is -2.13. The van der Waals surface area contributed by atoms with Crippen molar-refractivity contribution in [1.82, 2.24) is 9.78 Å². The molecule has 1 heterocycles. The van der Waals surface area contributed by atoms with Crippen molar-refractivity contribution in [2.24, 2.45) is 7.05 Å². The summed E-state index contributed by atoms with van der Waals surface area (Å²) in [5, 5.41) is 7.15. The molecule has 1 N–H and O–H groups in total. The summed E-state index contributed by atoms with van der Waals surface area (Å²) in [5.74, 6) is 1.60. The summed E-state index contributed by atoms with van der Waals surface area (Å²) in [5.41, 5.74) is 2.61. The summed E-state index contributed by atoms with van der Waals surface area (Å²) in [6.45, 7) is 0. The number of methoxy groups -OCH3 is 3. The van der Waals surface area contributed by atoms with Crippen molar-refractivity contribution in [2.45, 2.75) is 0 Å². The summed E-state index contributed by atoms with van der Waals surface area (Å²) in [6, 6.07) is 14.5. The molecule has 0 spiro atoms. The van der Waals surface area contributed by atoms with E-state index in [0.29, 0.717) is 22.9 Å². The zero-order valence-electron chi connectivity index (χ0n) is 15.6. The van der Waals surface area contributed by atoms with E-state index in [9.17, 15) is 4.79 Å². The molecule has 0 atom stereocenters. The average molecular weight is 367 g/mol. The van der Waals surface area contributed by atoms with Gasteiger partial charge in [-0.2, -0.15) is 5.10 Å². The predicted molar refractivity (Wildman–Crippen MR) is 103 cm³/mol. The zero-order valence-corrected chi connectivity index (χ0v) is 15.6. The van der Waals surface area contributed by atoms with Gasteiger partial charge in [0.15, 0.2) is 5.69 Å². The van der Waals surface area contributed by atoms with Crippen LogP contribution >= 0.6 is 0 Å². The third-order valence-electron chi connectivity index (χ3n) is 4.16. The molecule has 7 nitrogen and oxygen atoms in total. The number of carbonyl (C=O) groups excluding carboxylic acids is 1. The Morgan fingerprint density at radius 1 is 0.926 bits per heavy atom. The van der Waals surface area contributed by atoms with Gasteiger partial charge in [-0.25, -0.2) is 0 Å². The highest BCUT2D eigenvalue weighted by Crippen LogP contribution is 2.30. The average Bonchev–Trinajstić information content (AvgIpc) is 3.10. The molecule has 0 aliphatic rings. The van der Waals surface area contributed by atoms with E-state index >= 15 is 0 Å². The van der Waals surface area contributed by atoms with Gasteiger partial charge in [0.2, 0.25) is 0 Å². The third-order valence-corrected chi connectivity index (χ3v) is 4.16. The van der Waals surface area contributed by atoms with Crippen LogP contribution in [0.5, 0.6) is 17.2 Å². The highest BCUT2D eigenvalue weighted by Gasteiger charge is 2.16. The summed E-state index contributed by atoms with van der Waals surface area (Å²) in [4.78, 5) is 12.6. The fourth-order valence-corrected chi connectivity index (χ4v) is 2.70. The lowest BCUT2D eigenvalue weighted by Gasteiger charge is -2.10. The summed E-state index contributed by atoms with van der Waals surface area (Å²) in [7, 11) is 6.52. The second kappa shape index (κ2) is 7.82. The van der Waals surface area contributed by atoms with Crippen molar-refractivity contribution in [2.75, 3.05) is 26.6 Å². The van der Waals surface area contributed by atoms with Crippen LogP contribution in [0.25, 0.3) is 11.3 Å². The molecule has 0 saturated heterocycles. The van der Waals surface area contributed by atoms with Crippen LogP contribution in [-0.4, -0.2) is 37.0 Å². The fourth-order valence-electron chi connectivity index (χ4n) is 2.70. The molecular formula is C20H21N3O4. The van der Waals surface area contributed by atoms with E-state index in [1.807, 2.05) is 24.3 Å². The standard InChI is InChI=1S/C20H21N3O4/c1-23-18(13-5-7-14(25-2)8-6-13)12-17(22-23)20(24)21-16-10-9-15(26-3)11-19(16)27-4/h5-12H,1-4H3,(H,21,24). The molecule has 140 valence electrons. The van der Waals surface area contributed by atoms with Crippen LogP contribution in [-0.2, 0) is 7.05 Å². The first kappa shape index (κ1) is 18.3. The fraction of sp³-hybridized carbons (Fsp3) is 0.200. The lowest BCUT2D eigenvalue weighted by molar-refractivity contribution is 0.102. The third kappa shape index (κ3) is 3.87. The van der Waals surface area contributed by atoms with Crippen LogP contribution in [0.3, 0.4) is 0 Å². The van der Waals surface area contributed by atoms with Gasteiger partial charge in [0, 0.05) is 18.7 Å². The first-order valence-electron chi connectivity index (χ1n) is 8.27. The quantitative estimate of drug-likeness (QED) is 0.723. The molecule has 0 fully saturated rings. The molecule has 27 heavy (non-hydrogen) atoms. The Labute approximate surface area is 157 Å². The highest BCUT2D eigenvalue weighted by atomic mass is 16.5. The second-order valence-electron chi connectivity index (χ2n) is 5.79. The van der Waals surface area contributed by atoms with Crippen LogP contribution in [0.4, 0.5) is 5.69 Å². The number of aromatic nitrogens is 2. The Kier molecular flexibility index (Phi) is 5.30. The largest absolute Gasteiger partial charge is 0.497 e. The second-order valence-corrected chi connectivity index (χ2v) is 5.79. The number of anilines is 1. The molecule has 1 aromatic heterocycles. The summed E-state index contributed by atoms with van der Waals surface area (Å²) < 4.78 is 17.3. The van der Waals surface area contributed by atoms with Crippen LogP contribution < -0.4 is 19.5 Å². The summed E-state index contributed by atoms with van der Waals surface area (Å²) in [6.07, 6.45) is 0. The normalized spacial score (nSPS) is 10.4. The van der Waals surface area contributed by atoms with Crippen molar-refractivity contribution in [3.63, 3.8) is 0 Å². The predicted octanol–water partition coefficient (Wildman–Crippen LogP) is 3.37. The number of amides is 1. The van der Waals surface area contributed by atoms with Crippen molar-refractivity contribution >= 4 is 11.6 Å². The Morgan fingerprint density at radius 3 is 2.22 bits per heavy atom. The van der Waals surface area contributed by atoms with E-state index in [1.54, 1.807) is 50.2 Å². The van der Waals surface area contributed by atoms with E-state index in [4.69, 9.17) is 14.2 Å². The number of rotatable bonds is 6. The summed E-state index contributed by atoms with van der Waals surface area (Å²) >= 11 is 0. The SMILES string of the molecule is COc1ccc(-c2cc(C(=O)Nc3ccc(OC)cc3OC)nn2C)cc1. The molecule has 0 aliphatic carbocycles. The maximum Gasteiger partial charge on any atom is 0.276 e. The molecule has 0 saturated carbocycles. The number of hydrogen-bond donors (Lipinski definition) is 1. The van der Waals surface area contributed by atoms with Gasteiger partial charge in [-0.15, -0.1) is 0 Å². The number of benzene rings is 2. The maximum atomic E-state index is 12.6. The molecule has 0 unspecified atom stereocenters. The topological polar surface area (TPSA) is 74.6 Å². The first-order chi connectivity index (χ1) is 13.0. The van der Waals surface area contributed by atoms with Gasteiger partial charge in [0.05, 0.1) is 32.7 Å². The zero-order chi connectivity index (χ0) is 19.4. The van der Waals surface area contributed by atoms with Crippen LogP contribution in [0.1, 0.15) is 10.5 Å². The van der Waals surface area contributed by atoms with Gasteiger partial charge in [0.25, 0.3) is 5.91 Å². The lowest BCUT2D eigenvalue weighted by atomic mass is 10.1. The Balaban J connectivity index is 1.84. The Bertz CT molecular complexity index is 948. The van der Waals surface area contributed by atoms with E-state index < -0.39 is 0 Å². The number of hydrogen-bond acceptors (Lipinski definition) is 5. The number of ether oxygens (including phenoxy) is 3. The van der Waals surface area contributed by atoms with Crippen molar-refractivity contribution in [3.05, 3.63) is 54.2 Å². The van der Waals surface area contributed by atoms with Crippen molar-refractivity contribution < 1.29 is 19.0 Å². The monoisotopic (exact) mass is 367 g/mol. The smallest absolute Gasteiger partial charge is 0.276 e. The number of nitrogens with zero attached hydrogens (tertiary/aromatic N) is 2. The number of carbonyl (C=O) groups is 1. The molecule has 0 aliphatic heterocycles. The molecular weight excluding hydrogens is 346 g/mol. The van der Waals surface area contributed by atoms with Gasteiger partial charge in [-0.1, -0.05) is 0 Å². The maximum absolute atomic E-state index is 12.6. The minimum Gasteiger partial charge on any atom is -0.497 e. The van der Waals surface area contributed by atoms with Crippen LogP contribution in [0, 0.1) is 0 Å². The first-order valence-corrected chi connectivity index (χ1v) is 8.27. The molecule has 3 aromatic rings. The number of nitrogens with one attached hydrogen (secondary N) is 1. The molecule has 7 heteroatoms. The van der Waals surface area contributed by atoms with E-state index in [0.717, 1.165) is 17.0 Å². The van der Waals surface area contributed by atoms with Crippen molar-refractivity contribution in [3.8, 4) is 28.5 Å². The van der Waals surface area contributed by atoms with Gasteiger partial charge in [-0.3, -0.25) is 9.48 Å². The van der Waals surface area contributed by atoms with Crippen molar-refractivity contribution in [1.29, 1.82) is 0 Å². The highest BCUT2D eigenvalue weighted by molar-refractivity contribution is 6.04. The van der Waals surface area contributed by atoms with Crippen LogP contribution in [0.2, 0.25) is 0 Å². The minimum absolute atomic E-state index is 0.307. The van der Waals surface area contributed by atoms with Crippen LogP contribution in [0.15, 0.2) is 48.5 Å². The molecule has 0 radical (unpaired) electrons.